The van der Waals surface area contributed by atoms with Gasteiger partial charge in [0.25, 0.3) is 0 Å². The minimum atomic E-state index is -0.217. The Hall–Kier alpha value is -1.12. The Kier molecular flexibility index (Phi) is 3.44. The van der Waals surface area contributed by atoms with E-state index in [0.29, 0.717) is 17.8 Å². The lowest BCUT2D eigenvalue weighted by molar-refractivity contribution is -0.142. The Morgan fingerprint density at radius 1 is 1.57 bits per heavy atom. The predicted molar refractivity (Wildman–Crippen MR) is 52.5 cm³/mol. The molecule has 3 heteroatoms. The van der Waals surface area contributed by atoms with Gasteiger partial charge in [-0.25, -0.2) is 0 Å². The molecule has 0 aromatic rings. The van der Waals surface area contributed by atoms with Gasteiger partial charge in [-0.3, -0.25) is 9.59 Å². The minimum Gasteiger partial charge on any atom is -0.431 e. The summed E-state index contributed by atoms with van der Waals surface area (Å²) in [4.78, 5) is 22.5. The summed E-state index contributed by atoms with van der Waals surface area (Å²) in [7, 11) is 0. The summed E-state index contributed by atoms with van der Waals surface area (Å²) in [5.41, 5.74) is 0.700. The van der Waals surface area contributed by atoms with E-state index in [9.17, 15) is 9.59 Å². The average molecular weight is 196 g/mol. The van der Waals surface area contributed by atoms with E-state index in [2.05, 4.69) is 0 Å². The normalized spacial score (nSPS) is 22.2. The SMILES string of the molecule is CCC[C@H]1CC(=O)OC(C)=C1C(C)=O. The van der Waals surface area contributed by atoms with Crippen LogP contribution in [0.4, 0.5) is 0 Å². The average Bonchev–Trinajstić information content (AvgIpc) is 2.01. The highest BCUT2D eigenvalue weighted by atomic mass is 16.5. The quantitative estimate of drug-likeness (QED) is 0.650. The lowest BCUT2D eigenvalue weighted by atomic mass is 9.87. The van der Waals surface area contributed by atoms with Crippen molar-refractivity contribution in [2.45, 2.75) is 40.0 Å². The smallest absolute Gasteiger partial charge is 0.311 e. The Bertz CT molecular complexity index is 289. The van der Waals surface area contributed by atoms with Crippen LogP contribution in [-0.2, 0) is 14.3 Å². The van der Waals surface area contributed by atoms with Crippen molar-refractivity contribution in [1.82, 2.24) is 0 Å². The number of hydrogen-bond acceptors (Lipinski definition) is 3. The number of rotatable bonds is 3. The van der Waals surface area contributed by atoms with Gasteiger partial charge in [-0.15, -0.1) is 0 Å². The van der Waals surface area contributed by atoms with Gasteiger partial charge < -0.3 is 4.74 Å². The van der Waals surface area contributed by atoms with Gasteiger partial charge in [-0.1, -0.05) is 13.3 Å². The Morgan fingerprint density at radius 2 is 2.21 bits per heavy atom. The third kappa shape index (κ3) is 2.22. The standard InChI is InChI=1S/C11H16O3/c1-4-5-9-6-10(13)14-8(3)11(9)7(2)12/h9H,4-6H2,1-3H3/t9-/m0/s1. The summed E-state index contributed by atoms with van der Waals surface area (Å²) < 4.78 is 4.96. The summed E-state index contributed by atoms with van der Waals surface area (Å²) in [6.07, 6.45) is 2.20. The molecule has 0 saturated heterocycles. The van der Waals surface area contributed by atoms with Crippen molar-refractivity contribution in [3.05, 3.63) is 11.3 Å². The maximum Gasteiger partial charge on any atom is 0.311 e. The molecule has 0 aliphatic carbocycles. The molecule has 0 unspecified atom stereocenters. The van der Waals surface area contributed by atoms with Crippen molar-refractivity contribution in [2.24, 2.45) is 5.92 Å². The molecule has 0 bridgehead atoms. The van der Waals surface area contributed by atoms with Crippen molar-refractivity contribution < 1.29 is 14.3 Å². The molecule has 1 atom stereocenters. The van der Waals surface area contributed by atoms with Crippen molar-refractivity contribution in [3.63, 3.8) is 0 Å². The number of Topliss-reactive ketones (excluding diaryl/α,β-unsaturated/α-hetero) is 1. The molecule has 0 saturated carbocycles. The predicted octanol–water partition coefficient (Wildman–Crippen LogP) is 2.21. The first-order valence-corrected chi connectivity index (χ1v) is 4.98. The van der Waals surface area contributed by atoms with Crippen LogP contribution >= 0.6 is 0 Å². The van der Waals surface area contributed by atoms with E-state index in [4.69, 9.17) is 4.74 Å². The number of esters is 1. The van der Waals surface area contributed by atoms with Crippen LogP contribution in [-0.4, -0.2) is 11.8 Å². The molecule has 14 heavy (non-hydrogen) atoms. The summed E-state index contributed by atoms with van der Waals surface area (Å²) in [5.74, 6) is 0.366. The molecule has 0 N–H and O–H groups in total. The number of ketones is 1. The lowest BCUT2D eigenvalue weighted by Gasteiger charge is -2.24. The summed E-state index contributed by atoms with van der Waals surface area (Å²) in [6.45, 7) is 5.27. The van der Waals surface area contributed by atoms with E-state index in [-0.39, 0.29) is 17.7 Å². The van der Waals surface area contributed by atoms with Crippen LogP contribution < -0.4 is 0 Å². The van der Waals surface area contributed by atoms with Crippen molar-refractivity contribution in [3.8, 4) is 0 Å². The molecule has 0 amide bonds. The van der Waals surface area contributed by atoms with Crippen LogP contribution in [0.3, 0.4) is 0 Å². The maximum absolute atomic E-state index is 11.4. The topological polar surface area (TPSA) is 43.4 Å². The number of carbonyl (C=O) groups is 2. The fourth-order valence-electron chi connectivity index (χ4n) is 1.99. The van der Waals surface area contributed by atoms with Gasteiger partial charge in [0.15, 0.2) is 5.78 Å². The van der Waals surface area contributed by atoms with Crippen LogP contribution in [0.5, 0.6) is 0 Å². The fraction of sp³-hybridized carbons (Fsp3) is 0.636. The first-order chi connectivity index (χ1) is 6.56. The molecular weight excluding hydrogens is 180 g/mol. The van der Waals surface area contributed by atoms with Gasteiger partial charge in [-0.05, 0) is 20.3 Å². The lowest BCUT2D eigenvalue weighted by Crippen LogP contribution is -2.24. The largest absolute Gasteiger partial charge is 0.431 e. The monoisotopic (exact) mass is 196 g/mol. The summed E-state index contributed by atoms with van der Waals surface area (Å²) >= 11 is 0. The molecular formula is C11H16O3. The second-order valence-electron chi connectivity index (χ2n) is 3.69. The van der Waals surface area contributed by atoms with E-state index in [0.717, 1.165) is 12.8 Å². The van der Waals surface area contributed by atoms with Crippen LogP contribution in [0.2, 0.25) is 0 Å². The van der Waals surface area contributed by atoms with Crippen LogP contribution in [0.15, 0.2) is 11.3 Å². The van der Waals surface area contributed by atoms with E-state index >= 15 is 0 Å². The Labute approximate surface area is 84.1 Å². The van der Waals surface area contributed by atoms with Crippen LogP contribution in [0.25, 0.3) is 0 Å². The zero-order valence-electron chi connectivity index (χ0n) is 8.92. The Balaban J connectivity index is 2.96. The van der Waals surface area contributed by atoms with Crippen LogP contribution in [0, 0.1) is 5.92 Å². The molecule has 78 valence electrons. The van der Waals surface area contributed by atoms with E-state index < -0.39 is 0 Å². The molecule has 1 aliphatic rings. The number of ether oxygens (including phenoxy) is 1. The Morgan fingerprint density at radius 3 is 2.71 bits per heavy atom. The zero-order valence-corrected chi connectivity index (χ0v) is 8.92. The number of carbonyl (C=O) groups excluding carboxylic acids is 2. The highest BCUT2D eigenvalue weighted by Gasteiger charge is 2.29. The molecule has 0 aromatic carbocycles. The number of hydrogen-bond donors (Lipinski definition) is 0. The summed E-state index contributed by atoms with van der Waals surface area (Å²) in [5, 5.41) is 0. The van der Waals surface area contributed by atoms with E-state index in [1.807, 2.05) is 6.92 Å². The van der Waals surface area contributed by atoms with E-state index in [1.54, 1.807) is 6.92 Å². The van der Waals surface area contributed by atoms with Crippen molar-refractivity contribution in [1.29, 1.82) is 0 Å². The first-order valence-electron chi connectivity index (χ1n) is 4.98. The minimum absolute atomic E-state index is 0.0217. The zero-order chi connectivity index (χ0) is 10.7. The highest BCUT2D eigenvalue weighted by molar-refractivity contribution is 5.96. The summed E-state index contributed by atoms with van der Waals surface area (Å²) in [6, 6.07) is 0. The van der Waals surface area contributed by atoms with Gasteiger partial charge >= 0.3 is 5.97 Å². The van der Waals surface area contributed by atoms with Gasteiger partial charge in [0.1, 0.15) is 5.76 Å². The maximum atomic E-state index is 11.4. The van der Waals surface area contributed by atoms with E-state index in [1.165, 1.54) is 6.92 Å². The molecule has 1 rings (SSSR count). The molecule has 3 nitrogen and oxygen atoms in total. The van der Waals surface area contributed by atoms with Crippen molar-refractivity contribution in [2.75, 3.05) is 0 Å². The fourth-order valence-corrected chi connectivity index (χ4v) is 1.99. The van der Waals surface area contributed by atoms with Crippen molar-refractivity contribution >= 4 is 11.8 Å². The third-order valence-electron chi connectivity index (χ3n) is 2.48. The number of allylic oxidation sites excluding steroid dienone is 2. The second-order valence-corrected chi connectivity index (χ2v) is 3.69. The van der Waals surface area contributed by atoms with Gasteiger partial charge in [0, 0.05) is 11.5 Å². The molecule has 1 heterocycles. The first kappa shape index (κ1) is 11.0. The molecule has 0 spiro atoms. The molecule has 1 aliphatic heterocycles. The van der Waals surface area contributed by atoms with Gasteiger partial charge in [-0.2, -0.15) is 0 Å². The highest BCUT2D eigenvalue weighted by Crippen LogP contribution is 2.30. The molecule has 0 radical (unpaired) electrons. The number of cyclic esters (lactones) is 1. The second kappa shape index (κ2) is 4.40. The molecule has 0 aromatic heterocycles. The third-order valence-corrected chi connectivity index (χ3v) is 2.48. The molecule has 0 fully saturated rings. The van der Waals surface area contributed by atoms with Crippen LogP contribution in [0.1, 0.15) is 40.0 Å². The van der Waals surface area contributed by atoms with Gasteiger partial charge in [0.05, 0.1) is 6.42 Å². The van der Waals surface area contributed by atoms with Gasteiger partial charge in [0.2, 0.25) is 0 Å².